The summed E-state index contributed by atoms with van der Waals surface area (Å²) in [6, 6.07) is 6.83. The summed E-state index contributed by atoms with van der Waals surface area (Å²) in [5.41, 5.74) is 0.978. The number of amides is 2. The summed E-state index contributed by atoms with van der Waals surface area (Å²) >= 11 is 0. The van der Waals surface area contributed by atoms with Gasteiger partial charge in [-0.2, -0.15) is 13.2 Å². The van der Waals surface area contributed by atoms with Crippen LogP contribution in [-0.2, 0) is 0 Å². The zero-order chi connectivity index (χ0) is 17.3. The van der Waals surface area contributed by atoms with Crippen molar-refractivity contribution in [3.63, 3.8) is 0 Å². The smallest absolute Gasteiger partial charge is 0.382 e. The number of fused-ring (bicyclic) bond motifs is 1. The molecule has 2 amide bonds. The molecule has 2 N–H and O–H groups in total. The Morgan fingerprint density at radius 1 is 1.33 bits per heavy atom. The summed E-state index contributed by atoms with van der Waals surface area (Å²) in [5, 5.41) is 12.9. The largest absolute Gasteiger partial charge is 0.416 e. The molecule has 1 aromatic carbocycles. The van der Waals surface area contributed by atoms with Crippen LogP contribution in [0.4, 0.5) is 23.7 Å². The van der Waals surface area contributed by atoms with Gasteiger partial charge in [0.1, 0.15) is 0 Å². The number of alkyl halides is 3. The fraction of sp³-hybridized carbons (Fsp3) is 0.375. The molecule has 1 aliphatic rings. The lowest BCUT2D eigenvalue weighted by atomic mass is 10.1. The molecule has 0 aliphatic carbocycles. The molecule has 1 aromatic heterocycles. The first-order valence-electron chi connectivity index (χ1n) is 7.54. The lowest BCUT2D eigenvalue weighted by Crippen LogP contribution is -2.50. The number of hydrogen-bond acceptors (Lipinski definition) is 3. The first-order valence-corrected chi connectivity index (χ1v) is 7.54. The molecule has 0 unspecified atom stereocenters. The maximum atomic E-state index is 12.8. The minimum Gasteiger partial charge on any atom is -0.382 e. The van der Waals surface area contributed by atoms with Gasteiger partial charge < -0.3 is 15.3 Å². The lowest BCUT2D eigenvalue weighted by Gasteiger charge is -2.29. The number of nitrogens with one attached hydrogen (secondary N) is 1. The maximum absolute atomic E-state index is 12.8. The molecule has 2 atom stereocenters. The topological polar surface area (TPSA) is 65.5 Å². The van der Waals surface area contributed by atoms with Crippen LogP contribution in [0.2, 0.25) is 0 Å². The number of pyridine rings is 1. The highest BCUT2D eigenvalue weighted by Crippen LogP contribution is 2.31. The number of para-hydroxylation sites is 1. The van der Waals surface area contributed by atoms with Crippen molar-refractivity contribution in [3.05, 3.63) is 36.5 Å². The zero-order valence-electron chi connectivity index (χ0n) is 12.6. The summed E-state index contributed by atoms with van der Waals surface area (Å²) in [6.07, 6.45) is -5.20. The van der Waals surface area contributed by atoms with Gasteiger partial charge in [0.05, 0.1) is 17.2 Å². The number of urea groups is 1. The zero-order valence-corrected chi connectivity index (χ0v) is 12.6. The number of halogens is 3. The van der Waals surface area contributed by atoms with Crippen molar-refractivity contribution in [2.75, 3.05) is 11.9 Å². The summed E-state index contributed by atoms with van der Waals surface area (Å²) < 4.78 is 38.3. The molecule has 0 spiro atoms. The van der Waals surface area contributed by atoms with Crippen LogP contribution in [0.15, 0.2) is 36.5 Å². The van der Waals surface area contributed by atoms with E-state index in [2.05, 4.69) is 10.3 Å². The number of rotatable bonds is 2. The normalized spacial score (nSPS) is 19.5. The molecule has 24 heavy (non-hydrogen) atoms. The van der Waals surface area contributed by atoms with E-state index in [0.29, 0.717) is 17.6 Å². The molecule has 1 aliphatic heterocycles. The lowest BCUT2D eigenvalue weighted by molar-refractivity contribution is -0.216. The first kappa shape index (κ1) is 16.5. The van der Waals surface area contributed by atoms with Crippen LogP contribution < -0.4 is 5.32 Å². The molecule has 0 bridgehead atoms. The van der Waals surface area contributed by atoms with E-state index in [1.807, 2.05) is 12.1 Å². The van der Waals surface area contributed by atoms with Crippen molar-refractivity contribution < 1.29 is 23.1 Å². The second-order valence-electron chi connectivity index (χ2n) is 5.70. The Morgan fingerprint density at radius 3 is 2.83 bits per heavy atom. The molecule has 2 aromatic rings. The molecule has 5 nitrogen and oxygen atoms in total. The van der Waals surface area contributed by atoms with E-state index in [4.69, 9.17) is 0 Å². The third-order valence-corrected chi connectivity index (χ3v) is 4.13. The predicted octanol–water partition coefficient (Wildman–Crippen LogP) is 3.15. The molecule has 2 heterocycles. The van der Waals surface area contributed by atoms with E-state index >= 15 is 0 Å². The van der Waals surface area contributed by atoms with Gasteiger partial charge in [-0.15, -0.1) is 0 Å². The molecule has 0 radical (unpaired) electrons. The number of carbonyl (C=O) groups excluding carboxylic acids is 1. The number of hydrogen-bond donors (Lipinski definition) is 2. The van der Waals surface area contributed by atoms with Crippen LogP contribution in [0, 0.1) is 0 Å². The van der Waals surface area contributed by atoms with Crippen molar-refractivity contribution in [2.24, 2.45) is 0 Å². The predicted molar refractivity (Wildman–Crippen MR) is 82.6 cm³/mol. The number of benzene rings is 1. The highest BCUT2D eigenvalue weighted by atomic mass is 19.4. The van der Waals surface area contributed by atoms with Gasteiger partial charge in [0, 0.05) is 18.1 Å². The third-order valence-electron chi connectivity index (χ3n) is 4.13. The van der Waals surface area contributed by atoms with Crippen molar-refractivity contribution in [1.29, 1.82) is 0 Å². The van der Waals surface area contributed by atoms with Gasteiger partial charge in [0.25, 0.3) is 0 Å². The van der Waals surface area contributed by atoms with E-state index < -0.39 is 24.4 Å². The number of anilines is 1. The Kier molecular flexibility index (Phi) is 4.31. The van der Waals surface area contributed by atoms with Crippen LogP contribution in [0.5, 0.6) is 0 Å². The van der Waals surface area contributed by atoms with Crippen molar-refractivity contribution in [2.45, 2.75) is 31.2 Å². The van der Waals surface area contributed by atoms with Crippen molar-refractivity contribution in [1.82, 2.24) is 9.88 Å². The van der Waals surface area contributed by atoms with Gasteiger partial charge in [-0.3, -0.25) is 4.98 Å². The highest BCUT2D eigenvalue weighted by Gasteiger charge is 2.48. The Balaban J connectivity index is 1.81. The Morgan fingerprint density at radius 2 is 2.08 bits per heavy atom. The highest BCUT2D eigenvalue weighted by molar-refractivity contribution is 5.99. The molecular weight excluding hydrogens is 323 g/mol. The second kappa shape index (κ2) is 6.27. The van der Waals surface area contributed by atoms with E-state index in [0.717, 1.165) is 10.3 Å². The number of carbonyl (C=O) groups is 1. The van der Waals surface area contributed by atoms with Crippen LogP contribution in [0.3, 0.4) is 0 Å². The summed E-state index contributed by atoms with van der Waals surface area (Å²) in [5.74, 6) is 0. The third kappa shape index (κ3) is 3.14. The molecular formula is C16H16F3N3O2. The van der Waals surface area contributed by atoms with Gasteiger partial charge in [0.2, 0.25) is 0 Å². The van der Waals surface area contributed by atoms with E-state index in [1.54, 1.807) is 24.4 Å². The molecule has 1 saturated heterocycles. The Labute approximate surface area is 136 Å². The number of likely N-dealkylation sites (tertiary alicyclic amines) is 1. The standard InChI is InChI=1S/C16H16F3N3O2/c17-16(18,19)14(23)12-7-3-9-22(12)15(24)21-11-6-1-4-10-5-2-8-20-13(10)11/h1-2,4-6,8,12,14,23H,3,7,9H2,(H,21,24)/t12-,14-/m0/s1. The molecule has 1 fully saturated rings. The quantitative estimate of drug-likeness (QED) is 0.883. The summed E-state index contributed by atoms with van der Waals surface area (Å²) in [7, 11) is 0. The Bertz CT molecular complexity index is 745. The number of aromatic nitrogens is 1. The van der Waals surface area contributed by atoms with Crippen molar-refractivity contribution >= 4 is 22.6 Å². The van der Waals surface area contributed by atoms with Crippen LogP contribution in [-0.4, -0.2) is 45.9 Å². The van der Waals surface area contributed by atoms with Gasteiger partial charge in [-0.25, -0.2) is 4.79 Å². The van der Waals surface area contributed by atoms with Gasteiger partial charge >= 0.3 is 12.2 Å². The summed E-state index contributed by atoms with van der Waals surface area (Å²) in [4.78, 5) is 17.6. The van der Waals surface area contributed by atoms with Gasteiger partial charge in [-0.1, -0.05) is 18.2 Å². The minimum absolute atomic E-state index is 0.113. The van der Waals surface area contributed by atoms with E-state index in [1.165, 1.54) is 0 Å². The maximum Gasteiger partial charge on any atom is 0.416 e. The van der Waals surface area contributed by atoms with Crippen LogP contribution in [0.25, 0.3) is 10.9 Å². The average molecular weight is 339 g/mol. The molecule has 8 heteroatoms. The first-order chi connectivity index (χ1) is 11.4. The average Bonchev–Trinajstić information content (AvgIpc) is 3.03. The fourth-order valence-corrected chi connectivity index (χ4v) is 2.98. The molecule has 0 saturated carbocycles. The van der Waals surface area contributed by atoms with E-state index in [9.17, 15) is 23.1 Å². The second-order valence-corrected chi connectivity index (χ2v) is 5.70. The molecule has 3 rings (SSSR count). The fourth-order valence-electron chi connectivity index (χ4n) is 2.98. The van der Waals surface area contributed by atoms with Crippen LogP contribution >= 0.6 is 0 Å². The van der Waals surface area contributed by atoms with Gasteiger partial charge in [-0.05, 0) is 25.0 Å². The number of aliphatic hydroxyl groups excluding tert-OH is 1. The molecule has 128 valence electrons. The van der Waals surface area contributed by atoms with Crippen molar-refractivity contribution in [3.8, 4) is 0 Å². The minimum atomic E-state index is -4.76. The monoisotopic (exact) mass is 339 g/mol. The summed E-state index contributed by atoms with van der Waals surface area (Å²) in [6.45, 7) is 0.168. The van der Waals surface area contributed by atoms with E-state index in [-0.39, 0.29) is 13.0 Å². The van der Waals surface area contributed by atoms with Crippen LogP contribution in [0.1, 0.15) is 12.8 Å². The van der Waals surface area contributed by atoms with Gasteiger partial charge in [0.15, 0.2) is 6.10 Å². The SMILES string of the molecule is O=C(Nc1cccc2cccnc12)N1CCC[C@H]1[C@H](O)C(F)(F)F. The number of aliphatic hydroxyl groups is 1. The number of nitrogens with zero attached hydrogens (tertiary/aromatic N) is 2. The Hall–Kier alpha value is -2.35.